The summed E-state index contributed by atoms with van der Waals surface area (Å²) < 4.78 is 0. The van der Waals surface area contributed by atoms with Gasteiger partial charge in [-0.3, -0.25) is 4.79 Å². The molecule has 0 fully saturated rings. The van der Waals surface area contributed by atoms with Crippen LogP contribution in [0.1, 0.15) is 10.5 Å². The van der Waals surface area contributed by atoms with Crippen LogP contribution in [-0.2, 0) is 0 Å². The average molecular weight is 328 g/mol. The summed E-state index contributed by atoms with van der Waals surface area (Å²) in [5.74, 6) is 0.426. The van der Waals surface area contributed by atoms with Crippen molar-refractivity contribution in [2.24, 2.45) is 5.73 Å². The molecule has 0 atom stereocenters. The summed E-state index contributed by atoms with van der Waals surface area (Å²) in [6.07, 6.45) is 0. The normalized spacial score (nSPS) is 10.6. The molecule has 0 radical (unpaired) electrons. The van der Waals surface area contributed by atoms with Gasteiger partial charge in [0.25, 0.3) is 5.91 Å². The van der Waals surface area contributed by atoms with Crippen molar-refractivity contribution in [2.75, 3.05) is 29.7 Å². The van der Waals surface area contributed by atoms with Crippen LogP contribution in [0.4, 0.5) is 5.69 Å². The minimum atomic E-state index is -0.617. The minimum Gasteiger partial charge on any atom is -0.369 e. The van der Waals surface area contributed by atoms with Crippen molar-refractivity contribution < 1.29 is 4.79 Å². The second-order valence-electron chi connectivity index (χ2n) is 4.30. The number of hydrogen-bond acceptors (Lipinski definition) is 4. The molecule has 0 aliphatic heterocycles. The van der Waals surface area contributed by atoms with Crippen molar-refractivity contribution >= 4 is 34.8 Å². The number of anilines is 1. The van der Waals surface area contributed by atoms with Crippen molar-refractivity contribution in [1.82, 2.24) is 15.4 Å². The number of aromatic nitrogens is 3. The molecule has 0 aliphatic carbocycles. The van der Waals surface area contributed by atoms with Crippen molar-refractivity contribution in [3.8, 4) is 11.3 Å². The number of carbonyl (C=O) groups excluding carboxylic acids is 1. The van der Waals surface area contributed by atoms with E-state index in [-0.39, 0.29) is 5.69 Å². The van der Waals surface area contributed by atoms with E-state index in [4.69, 9.17) is 28.9 Å². The number of carbonyl (C=O) groups is 1. The molecule has 0 saturated heterocycles. The number of amides is 1. The lowest BCUT2D eigenvalue weighted by atomic mass is 10.1. The second-order valence-corrected chi connectivity index (χ2v) is 5.05. The number of hydrogen-bond donors (Lipinski definition) is 2. The highest BCUT2D eigenvalue weighted by molar-refractivity contribution is 6.18. The molecule has 1 heterocycles. The monoisotopic (exact) mass is 327 g/mol. The topological polar surface area (TPSA) is 87.9 Å². The molecule has 0 aliphatic rings. The van der Waals surface area contributed by atoms with Crippen LogP contribution in [0.25, 0.3) is 11.3 Å². The lowest BCUT2D eigenvalue weighted by Gasteiger charge is -2.22. The third kappa shape index (κ3) is 3.65. The standard InChI is InChI=1S/C13H15Cl2N5O/c14-5-7-20(8-6-15)10-3-1-9(2-4-10)11-12(13(16)21)18-19-17-11/h1-4H,5-8H2,(H2,16,21)(H,17,18,19). The van der Waals surface area contributed by atoms with Gasteiger partial charge in [0.05, 0.1) is 0 Å². The number of nitrogens with one attached hydrogen (secondary N) is 1. The number of H-pyrrole nitrogens is 1. The largest absolute Gasteiger partial charge is 0.369 e. The van der Waals surface area contributed by atoms with E-state index in [1.54, 1.807) is 0 Å². The summed E-state index contributed by atoms with van der Waals surface area (Å²) in [7, 11) is 0. The first-order chi connectivity index (χ1) is 10.2. The summed E-state index contributed by atoms with van der Waals surface area (Å²) in [6.45, 7) is 1.42. The first-order valence-corrected chi connectivity index (χ1v) is 7.42. The molecule has 112 valence electrons. The molecule has 1 aromatic heterocycles. The van der Waals surface area contributed by atoms with Crippen LogP contribution >= 0.6 is 23.2 Å². The predicted molar refractivity (Wildman–Crippen MR) is 84.0 cm³/mol. The van der Waals surface area contributed by atoms with Crippen molar-refractivity contribution in [3.63, 3.8) is 0 Å². The maximum atomic E-state index is 11.3. The van der Waals surface area contributed by atoms with Crippen LogP contribution in [0.3, 0.4) is 0 Å². The van der Waals surface area contributed by atoms with Gasteiger partial charge < -0.3 is 10.6 Å². The highest BCUT2D eigenvalue weighted by Crippen LogP contribution is 2.23. The van der Waals surface area contributed by atoms with Crippen LogP contribution in [0.15, 0.2) is 24.3 Å². The number of alkyl halides is 2. The summed E-state index contributed by atoms with van der Waals surface area (Å²) in [4.78, 5) is 13.3. The molecule has 1 amide bonds. The van der Waals surface area contributed by atoms with E-state index in [1.165, 1.54) is 0 Å². The molecule has 0 spiro atoms. The molecule has 1 aromatic carbocycles. The Kier molecular flexibility index (Phi) is 5.41. The van der Waals surface area contributed by atoms with E-state index in [9.17, 15) is 4.79 Å². The van der Waals surface area contributed by atoms with Gasteiger partial charge in [-0.05, 0) is 12.1 Å². The second kappa shape index (κ2) is 7.28. The maximum absolute atomic E-state index is 11.3. The fraction of sp³-hybridized carbons (Fsp3) is 0.308. The molecule has 0 bridgehead atoms. The predicted octanol–water partition coefficient (Wildman–Crippen LogP) is 1.85. The van der Waals surface area contributed by atoms with Crippen LogP contribution in [0, 0.1) is 0 Å². The number of nitrogens with two attached hydrogens (primary N) is 1. The lowest BCUT2D eigenvalue weighted by molar-refractivity contribution is 0.0996. The Labute approximate surface area is 132 Å². The van der Waals surface area contributed by atoms with E-state index in [0.717, 1.165) is 11.3 Å². The molecule has 6 nitrogen and oxygen atoms in total. The van der Waals surface area contributed by atoms with Gasteiger partial charge in [0, 0.05) is 36.1 Å². The Balaban J connectivity index is 2.25. The quantitative estimate of drug-likeness (QED) is 0.759. The van der Waals surface area contributed by atoms with E-state index in [1.807, 2.05) is 24.3 Å². The van der Waals surface area contributed by atoms with Gasteiger partial charge in [0.2, 0.25) is 0 Å². The number of rotatable bonds is 7. The Hall–Kier alpha value is -1.79. The van der Waals surface area contributed by atoms with Crippen LogP contribution in [0.2, 0.25) is 0 Å². The highest BCUT2D eigenvalue weighted by atomic mass is 35.5. The third-order valence-corrected chi connectivity index (χ3v) is 3.33. The first kappa shape index (κ1) is 15.6. The Morgan fingerprint density at radius 2 is 1.76 bits per heavy atom. The van der Waals surface area contributed by atoms with E-state index < -0.39 is 5.91 Å². The van der Waals surface area contributed by atoms with Crippen molar-refractivity contribution in [1.29, 1.82) is 0 Å². The molecule has 2 rings (SSSR count). The molecule has 21 heavy (non-hydrogen) atoms. The minimum absolute atomic E-state index is 0.126. The molecular weight excluding hydrogens is 313 g/mol. The van der Waals surface area contributed by atoms with Gasteiger partial charge in [-0.25, -0.2) is 0 Å². The Morgan fingerprint density at radius 1 is 1.14 bits per heavy atom. The summed E-state index contributed by atoms with van der Waals surface area (Å²) in [5, 5.41) is 10.1. The van der Waals surface area contributed by atoms with Gasteiger partial charge >= 0.3 is 0 Å². The van der Waals surface area contributed by atoms with Gasteiger partial charge in [0.15, 0.2) is 5.69 Å². The fourth-order valence-electron chi connectivity index (χ4n) is 2.01. The SMILES string of the molecule is NC(=O)c1n[nH]nc1-c1ccc(N(CCCl)CCCl)cc1. The van der Waals surface area contributed by atoms with Gasteiger partial charge in [-0.1, -0.05) is 12.1 Å². The molecule has 8 heteroatoms. The van der Waals surface area contributed by atoms with E-state index in [2.05, 4.69) is 20.3 Å². The Bertz CT molecular complexity index is 593. The molecule has 0 saturated carbocycles. The van der Waals surface area contributed by atoms with Crippen LogP contribution in [-0.4, -0.2) is 46.2 Å². The van der Waals surface area contributed by atoms with E-state index in [0.29, 0.717) is 30.5 Å². The maximum Gasteiger partial charge on any atom is 0.271 e. The van der Waals surface area contributed by atoms with Crippen molar-refractivity contribution in [2.45, 2.75) is 0 Å². The van der Waals surface area contributed by atoms with Gasteiger partial charge in [-0.2, -0.15) is 15.4 Å². The number of primary amides is 1. The molecule has 0 unspecified atom stereocenters. The zero-order valence-corrected chi connectivity index (χ0v) is 12.7. The third-order valence-electron chi connectivity index (χ3n) is 3.00. The summed E-state index contributed by atoms with van der Waals surface area (Å²) >= 11 is 11.6. The fourth-order valence-corrected chi connectivity index (χ4v) is 2.42. The van der Waals surface area contributed by atoms with Crippen LogP contribution in [0.5, 0.6) is 0 Å². The number of nitrogens with zero attached hydrogens (tertiary/aromatic N) is 3. The zero-order valence-electron chi connectivity index (χ0n) is 11.2. The van der Waals surface area contributed by atoms with Gasteiger partial charge in [0.1, 0.15) is 5.69 Å². The van der Waals surface area contributed by atoms with Gasteiger partial charge in [-0.15, -0.1) is 23.2 Å². The summed E-state index contributed by atoms with van der Waals surface area (Å²) in [6, 6.07) is 7.56. The first-order valence-electron chi connectivity index (χ1n) is 6.35. The van der Waals surface area contributed by atoms with Crippen molar-refractivity contribution in [3.05, 3.63) is 30.0 Å². The lowest BCUT2D eigenvalue weighted by Crippen LogP contribution is -2.27. The smallest absolute Gasteiger partial charge is 0.271 e. The summed E-state index contributed by atoms with van der Waals surface area (Å²) in [5.41, 5.74) is 7.59. The highest BCUT2D eigenvalue weighted by Gasteiger charge is 2.15. The molecule has 2 aromatic rings. The Morgan fingerprint density at radius 3 is 2.29 bits per heavy atom. The molecule has 3 N–H and O–H groups in total. The number of aromatic amines is 1. The molecular formula is C13H15Cl2N5O. The zero-order chi connectivity index (χ0) is 15.2. The average Bonchev–Trinajstić information content (AvgIpc) is 2.97. The van der Waals surface area contributed by atoms with Crippen LogP contribution < -0.4 is 10.6 Å². The number of halogens is 2. The van der Waals surface area contributed by atoms with E-state index >= 15 is 0 Å². The number of benzene rings is 1.